The van der Waals surface area contributed by atoms with Crippen LogP contribution in [0.1, 0.15) is 43.9 Å². The molecule has 148 valence electrons. The van der Waals surface area contributed by atoms with Gasteiger partial charge in [0.15, 0.2) is 0 Å². The smallest absolute Gasteiger partial charge is 0.123 e. The molecule has 0 amide bonds. The van der Waals surface area contributed by atoms with Gasteiger partial charge >= 0.3 is 0 Å². The summed E-state index contributed by atoms with van der Waals surface area (Å²) in [6.07, 6.45) is 7.58. The fourth-order valence-corrected chi connectivity index (χ4v) is 3.93. The van der Waals surface area contributed by atoms with E-state index in [1.807, 2.05) is 16.9 Å². The van der Waals surface area contributed by atoms with Crippen molar-refractivity contribution in [3.63, 3.8) is 0 Å². The minimum Gasteiger partial charge on any atom is -0.303 e. The molecule has 0 N–H and O–H groups in total. The van der Waals surface area contributed by atoms with Gasteiger partial charge in [0.05, 0.1) is 6.20 Å². The van der Waals surface area contributed by atoms with Crippen molar-refractivity contribution < 1.29 is 4.39 Å². The summed E-state index contributed by atoms with van der Waals surface area (Å²) in [6.45, 7) is 9.75. The van der Waals surface area contributed by atoms with E-state index in [0.717, 1.165) is 50.6 Å². The molecule has 3 rings (SSSR count). The highest BCUT2D eigenvalue weighted by Gasteiger charge is 2.20. The van der Waals surface area contributed by atoms with E-state index in [4.69, 9.17) is 0 Å². The van der Waals surface area contributed by atoms with Crippen LogP contribution in [-0.4, -0.2) is 52.8 Å². The number of nitrogens with zero attached hydrogens (tertiary/aromatic N) is 4. The van der Waals surface area contributed by atoms with E-state index >= 15 is 0 Å². The molecular formula is C22H33FN4. The quantitative estimate of drug-likeness (QED) is 0.700. The molecule has 2 heterocycles. The Morgan fingerprint density at radius 3 is 2.67 bits per heavy atom. The summed E-state index contributed by atoms with van der Waals surface area (Å²) in [4.78, 5) is 4.95. The van der Waals surface area contributed by atoms with Crippen molar-refractivity contribution in [1.29, 1.82) is 0 Å². The van der Waals surface area contributed by atoms with E-state index in [0.29, 0.717) is 6.04 Å². The van der Waals surface area contributed by atoms with Crippen LogP contribution in [0, 0.1) is 11.7 Å². The molecule has 1 aromatic heterocycles. The van der Waals surface area contributed by atoms with Gasteiger partial charge in [0, 0.05) is 37.4 Å². The first-order valence-corrected chi connectivity index (χ1v) is 10.2. The average Bonchev–Trinajstić information content (AvgIpc) is 3.10. The molecule has 5 heteroatoms. The Bertz CT molecular complexity index is 704. The van der Waals surface area contributed by atoms with Crippen LogP contribution < -0.4 is 0 Å². The third kappa shape index (κ3) is 6.15. The molecule has 0 unspecified atom stereocenters. The lowest BCUT2D eigenvalue weighted by molar-refractivity contribution is 0.153. The third-order valence-electron chi connectivity index (χ3n) is 5.52. The third-order valence-corrected chi connectivity index (χ3v) is 5.52. The Morgan fingerprint density at radius 2 is 2.00 bits per heavy atom. The zero-order chi connectivity index (χ0) is 19.2. The van der Waals surface area contributed by atoms with Crippen molar-refractivity contribution >= 4 is 0 Å². The largest absolute Gasteiger partial charge is 0.303 e. The Labute approximate surface area is 163 Å². The molecule has 0 radical (unpaired) electrons. The Morgan fingerprint density at radius 1 is 1.22 bits per heavy atom. The van der Waals surface area contributed by atoms with Crippen LogP contribution in [0.3, 0.4) is 0 Å². The molecule has 0 aliphatic carbocycles. The van der Waals surface area contributed by atoms with E-state index in [1.54, 1.807) is 12.1 Å². The minimum atomic E-state index is -0.131. The molecule has 1 aliphatic heterocycles. The number of hydrogen-bond donors (Lipinski definition) is 0. The first-order valence-electron chi connectivity index (χ1n) is 10.2. The van der Waals surface area contributed by atoms with Crippen LogP contribution in [0.15, 0.2) is 36.7 Å². The van der Waals surface area contributed by atoms with Gasteiger partial charge in [-0.2, -0.15) is 5.10 Å². The number of hydrogen-bond acceptors (Lipinski definition) is 3. The summed E-state index contributed by atoms with van der Waals surface area (Å²) < 4.78 is 15.3. The minimum absolute atomic E-state index is 0.131. The lowest BCUT2D eigenvalue weighted by atomic mass is 9.96. The van der Waals surface area contributed by atoms with E-state index in [-0.39, 0.29) is 5.82 Å². The van der Waals surface area contributed by atoms with Gasteiger partial charge in [-0.1, -0.05) is 12.1 Å². The van der Waals surface area contributed by atoms with Gasteiger partial charge in [-0.25, -0.2) is 4.39 Å². The van der Waals surface area contributed by atoms with Crippen molar-refractivity contribution in [2.75, 3.05) is 33.2 Å². The molecule has 1 aromatic carbocycles. The summed E-state index contributed by atoms with van der Waals surface area (Å²) in [5.41, 5.74) is 2.39. The van der Waals surface area contributed by atoms with Crippen LogP contribution in [0.4, 0.5) is 4.39 Å². The van der Waals surface area contributed by atoms with Crippen LogP contribution in [0.2, 0.25) is 0 Å². The fraction of sp³-hybridized carbons (Fsp3) is 0.591. The predicted molar refractivity (Wildman–Crippen MR) is 108 cm³/mol. The van der Waals surface area contributed by atoms with Gasteiger partial charge in [0.25, 0.3) is 0 Å². The standard InChI is InChI=1S/C22H33FN4/c1-18(2)27-17-21(14-24-27)16-25(3)15-20-8-11-26(12-9-20)10-7-19-5-4-6-22(23)13-19/h4-6,13-14,17-18,20H,7-12,15-16H2,1-3H3. The molecule has 1 saturated heterocycles. The first kappa shape index (κ1) is 20.0. The lowest BCUT2D eigenvalue weighted by Gasteiger charge is -2.33. The summed E-state index contributed by atoms with van der Waals surface area (Å²) in [5.74, 6) is 0.633. The van der Waals surface area contributed by atoms with Gasteiger partial charge < -0.3 is 9.80 Å². The van der Waals surface area contributed by atoms with Crippen molar-refractivity contribution in [3.8, 4) is 0 Å². The molecule has 27 heavy (non-hydrogen) atoms. The topological polar surface area (TPSA) is 24.3 Å². The molecule has 0 bridgehead atoms. The lowest BCUT2D eigenvalue weighted by Crippen LogP contribution is -2.38. The molecule has 0 spiro atoms. The summed E-state index contributed by atoms with van der Waals surface area (Å²) in [6, 6.07) is 7.41. The molecular weight excluding hydrogens is 339 g/mol. The van der Waals surface area contributed by atoms with Crippen LogP contribution in [0.5, 0.6) is 0 Å². The highest BCUT2D eigenvalue weighted by molar-refractivity contribution is 5.16. The van der Waals surface area contributed by atoms with Gasteiger partial charge in [0.2, 0.25) is 0 Å². The second-order valence-corrected chi connectivity index (χ2v) is 8.28. The predicted octanol–water partition coefficient (Wildman–Crippen LogP) is 3.99. The zero-order valence-corrected chi connectivity index (χ0v) is 16.9. The van der Waals surface area contributed by atoms with Crippen LogP contribution >= 0.6 is 0 Å². The Hall–Kier alpha value is -1.72. The maximum absolute atomic E-state index is 13.3. The number of benzene rings is 1. The van der Waals surface area contributed by atoms with Gasteiger partial charge in [0.1, 0.15) is 5.82 Å². The SMILES string of the molecule is CC(C)n1cc(CN(C)CC2CCN(CCc3cccc(F)c3)CC2)cn1. The molecule has 1 aliphatic rings. The summed E-state index contributed by atoms with van der Waals surface area (Å²) in [5, 5.41) is 4.44. The monoisotopic (exact) mass is 372 g/mol. The Kier molecular flexibility index (Phi) is 7.02. The normalized spacial score (nSPS) is 16.5. The second-order valence-electron chi connectivity index (χ2n) is 8.28. The van der Waals surface area contributed by atoms with Crippen molar-refractivity contribution in [3.05, 3.63) is 53.6 Å². The van der Waals surface area contributed by atoms with Crippen molar-refractivity contribution in [2.45, 2.75) is 45.7 Å². The Balaban J connectivity index is 1.37. The number of aromatic nitrogens is 2. The summed E-state index contributed by atoms with van der Waals surface area (Å²) in [7, 11) is 2.21. The first-order chi connectivity index (χ1) is 13.0. The highest BCUT2D eigenvalue weighted by Crippen LogP contribution is 2.19. The van der Waals surface area contributed by atoms with Gasteiger partial charge in [-0.05, 0) is 76.9 Å². The zero-order valence-electron chi connectivity index (χ0n) is 16.9. The highest BCUT2D eigenvalue weighted by atomic mass is 19.1. The average molecular weight is 373 g/mol. The van der Waals surface area contributed by atoms with Crippen molar-refractivity contribution in [2.24, 2.45) is 5.92 Å². The molecule has 1 fully saturated rings. The number of likely N-dealkylation sites (tertiary alicyclic amines) is 1. The molecule has 0 atom stereocenters. The second kappa shape index (κ2) is 9.47. The maximum atomic E-state index is 13.3. The number of piperidine rings is 1. The molecule has 4 nitrogen and oxygen atoms in total. The van der Waals surface area contributed by atoms with Gasteiger partial charge in [-0.3, -0.25) is 4.68 Å². The van der Waals surface area contributed by atoms with E-state index < -0.39 is 0 Å². The summed E-state index contributed by atoms with van der Waals surface area (Å²) >= 11 is 0. The van der Waals surface area contributed by atoms with Gasteiger partial charge in [-0.15, -0.1) is 0 Å². The fourth-order valence-electron chi connectivity index (χ4n) is 3.93. The maximum Gasteiger partial charge on any atom is 0.123 e. The number of rotatable bonds is 8. The van der Waals surface area contributed by atoms with Crippen LogP contribution in [-0.2, 0) is 13.0 Å². The van der Waals surface area contributed by atoms with E-state index in [2.05, 4.69) is 42.0 Å². The number of halogens is 1. The van der Waals surface area contributed by atoms with E-state index in [9.17, 15) is 4.39 Å². The molecule has 0 saturated carbocycles. The van der Waals surface area contributed by atoms with Crippen LogP contribution in [0.25, 0.3) is 0 Å². The molecule has 2 aromatic rings. The van der Waals surface area contributed by atoms with Crippen molar-refractivity contribution in [1.82, 2.24) is 19.6 Å². The van der Waals surface area contributed by atoms with E-state index in [1.165, 1.54) is 24.5 Å².